The lowest BCUT2D eigenvalue weighted by Crippen LogP contribution is -1.87. The van der Waals surface area contributed by atoms with Crippen molar-refractivity contribution in [2.75, 3.05) is 0 Å². The van der Waals surface area contributed by atoms with Gasteiger partial charge in [-0.05, 0) is 246 Å². The van der Waals surface area contributed by atoms with Crippen molar-refractivity contribution < 1.29 is 0 Å². The van der Waals surface area contributed by atoms with Crippen molar-refractivity contribution in [3.8, 4) is 101 Å². The second-order valence-electron chi connectivity index (χ2n) is 27.3. The first-order chi connectivity index (χ1) is 57.2. The van der Waals surface area contributed by atoms with E-state index in [-0.39, 0.29) is 0 Å². The highest BCUT2D eigenvalue weighted by atomic mass is 14.8. The van der Waals surface area contributed by atoms with E-state index in [1.165, 1.54) is 89.0 Å². The number of aryl methyl sites for hydroxylation is 9. The van der Waals surface area contributed by atoms with E-state index < -0.39 is 0 Å². The number of hydrogen-bond donors (Lipinski definition) is 0. The molecule has 117 heavy (non-hydrogen) atoms. The first-order valence-corrected chi connectivity index (χ1v) is 38.6. The van der Waals surface area contributed by atoms with Gasteiger partial charge in [-0.25, -0.2) is 0 Å². The molecule has 12 heterocycles. The molecule has 0 aliphatic carbocycles. The van der Waals surface area contributed by atoms with Crippen LogP contribution in [0.15, 0.2) is 421 Å². The molecule has 0 amide bonds. The van der Waals surface area contributed by atoms with Gasteiger partial charge in [-0.15, -0.1) is 0 Å². The predicted molar refractivity (Wildman–Crippen MR) is 483 cm³/mol. The monoisotopic (exact) mass is 1520 g/mol. The molecule has 0 saturated heterocycles. The van der Waals surface area contributed by atoms with E-state index in [4.69, 9.17) is 0 Å². The van der Waals surface area contributed by atoms with Crippen molar-refractivity contribution in [2.24, 2.45) is 0 Å². The number of nitrogens with zero attached hydrogens (tertiary/aromatic N) is 12. The maximum atomic E-state index is 4.42. The molecule has 12 aromatic heterocycles. The Morgan fingerprint density at radius 1 is 0.145 bits per heavy atom. The Bertz CT molecular complexity index is 4980. The first-order valence-electron chi connectivity index (χ1n) is 38.6. The van der Waals surface area contributed by atoms with Gasteiger partial charge in [0.2, 0.25) is 0 Å². The standard InChI is InChI=1S/6C12H11N.3C11H10N2/c1-10-2-4-11(5-3-10)12-6-8-13-9-7-12;1-10-4-2-5-11(8-10)12-6-3-7-13-9-12;1-10-4-6-11(7-5-10)12-3-2-8-13-9-12;1-10-5-4-6-11(9-10)12-7-2-3-8-13-12;1-10-3-2-4-12(9-10)11-5-7-13-8-6-11;1-10-5-7-11(8-6-10)12-4-2-3-9-13-12;1-9-4-2-6-11(13-9)10-5-3-7-12-8-10;1-9-5-4-7-11(13-9)10-6-2-3-8-12-10;1-9-3-2-4-11(13-9)10-5-7-12-8-6-10/h6*2-9H,1H3;3*2-8H,1H3. The van der Waals surface area contributed by atoms with Gasteiger partial charge in [0.05, 0.1) is 34.2 Å². The van der Waals surface area contributed by atoms with Crippen LogP contribution in [0.4, 0.5) is 0 Å². The number of aromatic nitrogens is 12. The zero-order valence-electron chi connectivity index (χ0n) is 67.7. The fourth-order valence-electron chi connectivity index (χ4n) is 11.5. The molecular formula is C105H96N12. The summed E-state index contributed by atoms with van der Waals surface area (Å²) in [5.74, 6) is 0. The van der Waals surface area contributed by atoms with Gasteiger partial charge in [0.15, 0.2) is 0 Å². The van der Waals surface area contributed by atoms with Crippen LogP contribution < -0.4 is 0 Å². The molecule has 0 spiro atoms. The minimum atomic E-state index is 0.922. The van der Waals surface area contributed by atoms with E-state index in [0.29, 0.717) is 0 Å². The minimum Gasteiger partial charge on any atom is -0.265 e. The maximum absolute atomic E-state index is 4.42. The van der Waals surface area contributed by atoms with Crippen molar-refractivity contribution in [3.05, 3.63) is 471 Å². The van der Waals surface area contributed by atoms with Crippen LogP contribution >= 0.6 is 0 Å². The third-order valence-electron chi connectivity index (χ3n) is 17.7. The minimum absolute atomic E-state index is 0.922. The lowest BCUT2D eigenvalue weighted by atomic mass is 10.1. The molecule has 12 heteroatoms. The maximum Gasteiger partial charge on any atom is 0.0889 e. The van der Waals surface area contributed by atoms with E-state index in [9.17, 15) is 0 Å². The Hall–Kier alpha value is -14.9. The molecule has 18 rings (SSSR count). The average molecular weight is 1530 g/mol. The lowest BCUT2D eigenvalue weighted by molar-refractivity contribution is 1.18. The van der Waals surface area contributed by atoms with Gasteiger partial charge in [-0.2, -0.15) is 0 Å². The zero-order valence-corrected chi connectivity index (χ0v) is 67.7. The van der Waals surface area contributed by atoms with Crippen LogP contribution in [0.3, 0.4) is 0 Å². The first kappa shape index (κ1) is 84.6. The van der Waals surface area contributed by atoms with E-state index >= 15 is 0 Å². The quantitative estimate of drug-likeness (QED) is 0.135. The van der Waals surface area contributed by atoms with Crippen molar-refractivity contribution in [1.29, 1.82) is 0 Å². The summed E-state index contributed by atoms with van der Waals surface area (Å²) in [7, 11) is 0. The van der Waals surface area contributed by atoms with Crippen molar-refractivity contribution in [2.45, 2.75) is 62.3 Å². The van der Waals surface area contributed by atoms with E-state index in [1.807, 2.05) is 246 Å². The molecule has 0 atom stereocenters. The third kappa shape index (κ3) is 29.6. The molecule has 6 aromatic carbocycles. The summed E-state index contributed by atoms with van der Waals surface area (Å²) in [4.78, 5) is 50.2. The molecule has 0 aliphatic rings. The summed E-state index contributed by atoms with van der Waals surface area (Å²) < 4.78 is 0. The molecule has 576 valence electrons. The topological polar surface area (TPSA) is 155 Å². The summed E-state index contributed by atoms with van der Waals surface area (Å²) in [6.07, 6.45) is 27.2. The lowest BCUT2D eigenvalue weighted by Gasteiger charge is -2.01. The SMILES string of the molecule is Cc1ccc(-c2ccccn2)cc1.Cc1ccc(-c2cccnc2)cc1.Cc1ccc(-c2ccncc2)cc1.Cc1cccc(-c2ccccn2)c1.Cc1cccc(-c2ccccn2)n1.Cc1cccc(-c2cccnc2)c1.Cc1cccc(-c2cccnc2)n1.Cc1cccc(-c2ccncc2)c1.Cc1cccc(-c2ccncc2)n1. The normalized spacial score (nSPS) is 9.92. The van der Waals surface area contributed by atoms with Crippen LogP contribution in [-0.2, 0) is 0 Å². The highest BCUT2D eigenvalue weighted by Crippen LogP contribution is 2.25. The molecule has 0 saturated carbocycles. The van der Waals surface area contributed by atoms with Crippen LogP contribution in [-0.4, -0.2) is 59.8 Å². The summed E-state index contributed by atoms with van der Waals surface area (Å²) >= 11 is 0. The van der Waals surface area contributed by atoms with Gasteiger partial charge < -0.3 is 0 Å². The summed E-state index contributed by atoms with van der Waals surface area (Å²) in [6.45, 7) is 18.5. The third-order valence-corrected chi connectivity index (χ3v) is 17.7. The Morgan fingerprint density at radius 3 is 0.821 bits per heavy atom. The molecular weight excluding hydrogens is 1430 g/mol. The van der Waals surface area contributed by atoms with Crippen molar-refractivity contribution in [3.63, 3.8) is 0 Å². The van der Waals surface area contributed by atoms with Crippen LogP contribution in [0.5, 0.6) is 0 Å². The Labute approximate surface area is 689 Å². The molecule has 18 aromatic rings. The summed E-state index contributed by atoms with van der Waals surface area (Å²) in [5.41, 5.74) is 30.9. The molecule has 12 nitrogen and oxygen atoms in total. The largest absolute Gasteiger partial charge is 0.265 e. The van der Waals surface area contributed by atoms with E-state index in [0.717, 1.165) is 62.4 Å². The van der Waals surface area contributed by atoms with Crippen molar-refractivity contribution in [1.82, 2.24) is 59.8 Å². The number of benzene rings is 6. The number of hydrogen-bond acceptors (Lipinski definition) is 12. The molecule has 0 unspecified atom stereocenters. The fraction of sp³-hybridized carbons (Fsp3) is 0.0857. The number of rotatable bonds is 9. The number of pyridine rings is 12. The van der Waals surface area contributed by atoms with Crippen LogP contribution in [0, 0.1) is 62.3 Å². The van der Waals surface area contributed by atoms with Crippen LogP contribution in [0.25, 0.3) is 101 Å². The molecule has 0 N–H and O–H groups in total. The second kappa shape index (κ2) is 46.8. The average Bonchev–Trinajstić information content (AvgIpc) is 0.978. The highest BCUT2D eigenvalue weighted by Gasteiger charge is 2.04. The molecule has 0 bridgehead atoms. The summed E-state index contributed by atoms with van der Waals surface area (Å²) in [5, 5.41) is 0. The van der Waals surface area contributed by atoms with Gasteiger partial charge in [0.25, 0.3) is 0 Å². The second-order valence-corrected chi connectivity index (χ2v) is 27.3. The van der Waals surface area contributed by atoms with E-state index in [1.54, 1.807) is 37.2 Å². The van der Waals surface area contributed by atoms with Gasteiger partial charge in [0.1, 0.15) is 0 Å². The molecule has 0 fully saturated rings. The van der Waals surface area contributed by atoms with E-state index in [2.05, 4.69) is 259 Å². The smallest absolute Gasteiger partial charge is 0.0889 e. The Morgan fingerprint density at radius 2 is 0.427 bits per heavy atom. The molecule has 0 aliphatic heterocycles. The van der Waals surface area contributed by atoms with Crippen LogP contribution in [0.2, 0.25) is 0 Å². The highest BCUT2D eigenvalue weighted by molar-refractivity contribution is 5.67. The Balaban J connectivity index is 0.000000139. The molecule has 0 radical (unpaired) electrons. The Kier molecular flexibility index (Phi) is 33.8. The predicted octanol–water partition coefficient (Wildman–Crippen LogP) is 25.7. The van der Waals surface area contributed by atoms with Crippen molar-refractivity contribution >= 4 is 0 Å². The van der Waals surface area contributed by atoms with Gasteiger partial charge in [0, 0.05) is 132 Å². The van der Waals surface area contributed by atoms with Gasteiger partial charge >= 0.3 is 0 Å². The van der Waals surface area contributed by atoms with Gasteiger partial charge in [-0.1, -0.05) is 221 Å². The zero-order chi connectivity index (χ0) is 81.9. The van der Waals surface area contributed by atoms with Gasteiger partial charge in [-0.3, -0.25) is 59.8 Å². The fourth-order valence-corrected chi connectivity index (χ4v) is 11.5. The van der Waals surface area contributed by atoms with Crippen LogP contribution in [0.1, 0.15) is 50.5 Å². The summed E-state index contributed by atoms with van der Waals surface area (Å²) in [6, 6.07) is 110.